The van der Waals surface area contributed by atoms with Crippen molar-refractivity contribution in [1.82, 2.24) is 0 Å². The number of aryl methyl sites for hydroxylation is 1. The fourth-order valence-electron chi connectivity index (χ4n) is 2.67. The second-order valence-electron chi connectivity index (χ2n) is 6.03. The summed E-state index contributed by atoms with van der Waals surface area (Å²) in [7, 11) is 0. The first-order chi connectivity index (χ1) is 12.7. The number of carbonyl (C=O) groups excluding carboxylic acids is 1. The highest BCUT2D eigenvalue weighted by atomic mass is 35.5. The number of rotatable bonds is 7. The van der Waals surface area contributed by atoms with Crippen LogP contribution >= 0.6 is 11.6 Å². The number of hydrogen-bond acceptors (Lipinski definition) is 2. The van der Waals surface area contributed by atoms with Crippen LogP contribution in [0.1, 0.15) is 42.5 Å². The molecule has 0 aliphatic rings. The van der Waals surface area contributed by atoms with Crippen LogP contribution in [0, 0.1) is 5.82 Å². The minimum Gasteiger partial charge on any atom is -0.486 e. The number of hydrogen-bond donors (Lipinski definition) is 0. The average molecular weight is 403 g/mol. The van der Waals surface area contributed by atoms with Gasteiger partial charge in [-0.2, -0.15) is 13.2 Å². The smallest absolute Gasteiger partial charge is 0.416 e. The lowest BCUT2D eigenvalue weighted by Crippen LogP contribution is -2.15. The molecule has 2 nitrogen and oxygen atoms in total. The van der Waals surface area contributed by atoms with Gasteiger partial charge in [-0.1, -0.05) is 37.6 Å². The van der Waals surface area contributed by atoms with Crippen LogP contribution in [0.4, 0.5) is 17.6 Å². The summed E-state index contributed by atoms with van der Waals surface area (Å²) in [6, 6.07) is 6.07. The third-order valence-electron chi connectivity index (χ3n) is 4.21. The van der Waals surface area contributed by atoms with Crippen LogP contribution in [0.25, 0.3) is 0 Å². The van der Waals surface area contributed by atoms with E-state index in [9.17, 15) is 22.4 Å². The van der Waals surface area contributed by atoms with E-state index in [0.29, 0.717) is 12.0 Å². The van der Waals surface area contributed by atoms with E-state index < -0.39 is 24.2 Å². The number of carbonyl (C=O) groups is 1. The molecule has 0 aromatic heterocycles. The van der Waals surface area contributed by atoms with E-state index in [0.717, 1.165) is 6.07 Å². The van der Waals surface area contributed by atoms with Gasteiger partial charge >= 0.3 is 6.18 Å². The normalized spacial score (nSPS) is 11.5. The van der Waals surface area contributed by atoms with Crippen LogP contribution in [0.15, 0.2) is 30.3 Å². The Morgan fingerprint density at radius 3 is 2.44 bits per heavy atom. The summed E-state index contributed by atoms with van der Waals surface area (Å²) in [5, 5.41) is 0.277. The van der Waals surface area contributed by atoms with Gasteiger partial charge in [-0.15, -0.1) is 0 Å². The van der Waals surface area contributed by atoms with E-state index in [4.69, 9.17) is 16.3 Å². The van der Waals surface area contributed by atoms with E-state index in [1.54, 1.807) is 13.8 Å². The van der Waals surface area contributed by atoms with Crippen LogP contribution in [-0.2, 0) is 30.4 Å². The summed E-state index contributed by atoms with van der Waals surface area (Å²) in [4.78, 5) is 11.7. The molecule has 0 spiro atoms. The topological polar surface area (TPSA) is 26.3 Å². The molecule has 0 saturated carbocycles. The molecule has 0 heterocycles. The van der Waals surface area contributed by atoms with Gasteiger partial charge in [-0.05, 0) is 29.7 Å². The quantitative estimate of drug-likeness (QED) is 0.518. The van der Waals surface area contributed by atoms with Gasteiger partial charge in [0.15, 0.2) is 11.6 Å². The van der Waals surface area contributed by atoms with Crippen molar-refractivity contribution in [1.29, 1.82) is 0 Å². The number of Topliss-reactive ketones (excluding diaryl/α,β-unsaturated/α-hetero) is 1. The molecule has 0 N–H and O–H groups in total. The highest BCUT2D eigenvalue weighted by Gasteiger charge is 2.34. The third-order valence-corrected chi connectivity index (χ3v) is 4.57. The summed E-state index contributed by atoms with van der Waals surface area (Å²) < 4.78 is 59.6. The Kier molecular flexibility index (Phi) is 6.87. The van der Waals surface area contributed by atoms with Gasteiger partial charge in [-0.3, -0.25) is 4.79 Å². The van der Waals surface area contributed by atoms with Crippen molar-refractivity contribution in [3.05, 3.63) is 63.4 Å². The van der Waals surface area contributed by atoms with Crippen LogP contribution in [0.5, 0.6) is 5.75 Å². The van der Waals surface area contributed by atoms with E-state index in [1.165, 1.54) is 24.3 Å². The lowest BCUT2D eigenvalue weighted by atomic mass is 9.96. The van der Waals surface area contributed by atoms with Crippen LogP contribution in [0.3, 0.4) is 0 Å². The minimum absolute atomic E-state index is 0.142. The van der Waals surface area contributed by atoms with Gasteiger partial charge < -0.3 is 4.74 Å². The van der Waals surface area contributed by atoms with E-state index in [2.05, 4.69) is 0 Å². The molecule has 0 radical (unpaired) electrons. The van der Waals surface area contributed by atoms with Gasteiger partial charge in [0.05, 0.1) is 5.56 Å². The molecule has 146 valence electrons. The van der Waals surface area contributed by atoms with Gasteiger partial charge in [0.1, 0.15) is 12.4 Å². The molecule has 0 atom stereocenters. The molecule has 2 aromatic rings. The third kappa shape index (κ3) is 5.22. The fourth-order valence-corrected chi connectivity index (χ4v) is 2.96. The maximum absolute atomic E-state index is 14.2. The Labute approximate surface area is 160 Å². The van der Waals surface area contributed by atoms with Crippen molar-refractivity contribution < 1.29 is 27.1 Å². The zero-order chi connectivity index (χ0) is 20.2. The predicted octanol–water partition coefficient (Wildman–Crippen LogP) is 6.16. The standard InChI is InChI=1S/C20H19ClF4O2/c1-3-12-9-18(22)19(10-17(12)21)27-11-15-13(8-14(26)4-2)6-5-7-16(15)20(23,24)25/h5-7,9-10H,3-4,8,11H2,1-2H3. The molecular formula is C20H19ClF4O2. The molecule has 0 aliphatic carbocycles. The molecule has 0 fully saturated rings. The maximum Gasteiger partial charge on any atom is 0.416 e. The zero-order valence-corrected chi connectivity index (χ0v) is 15.7. The fraction of sp³-hybridized carbons (Fsp3) is 0.350. The van der Waals surface area contributed by atoms with Crippen molar-refractivity contribution in [3.63, 3.8) is 0 Å². The maximum atomic E-state index is 14.2. The second-order valence-corrected chi connectivity index (χ2v) is 6.43. The van der Waals surface area contributed by atoms with Crippen molar-refractivity contribution in [2.45, 2.75) is 45.9 Å². The Morgan fingerprint density at radius 1 is 1.15 bits per heavy atom. The lowest BCUT2D eigenvalue weighted by Gasteiger charge is -2.18. The Hall–Kier alpha value is -2.08. The summed E-state index contributed by atoms with van der Waals surface area (Å²) in [6.45, 7) is 2.91. The summed E-state index contributed by atoms with van der Waals surface area (Å²) in [6.07, 6.45) is -4.04. The first-order valence-electron chi connectivity index (χ1n) is 8.47. The molecule has 0 aliphatic heterocycles. The van der Waals surface area contributed by atoms with E-state index >= 15 is 0 Å². The van der Waals surface area contributed by atoms with Gasteiger partial charge in [0, 0.05) is 29.5 Å². The summed E-state index contributed by atoms with van der Waals surface area (Å²) in [5.41, 5.74) is -0.290. The Morgan fingerprint density at radius 2 is 1.85 bits per heavy atom. The van der Waals surface area contributed by atoms with E-state index in [-0.39, 0.29) is 40.5 Å². The largest absolute Gasteiger partial charge is 0.486 e. The predicted molar refractivity (Wildman–Crippen MR) is 95.6 cm³/mol. The number of halogens is 5. The number of benzene rings is 2. The molecular weight excluding hydrogens is 384 g/mol. The first-order valence-corrected chi connectivity index (χ1v) is 8.85. The van der Waals surface area contributed by atoms with Crippen LogP contribution in [-0.4, -0.2) is 5.78 Å². The van der Waals surface area contributed by atoms with Gasteiger partial charge in [-0.25, -0.2) is 4.39 Å². The molecule has 2 aromatic carbocycles. The van der Waals surface area contributed by atoms with Crippen LogP contribution in [0.2, 0.25) is 5.02 Å². The number of alkyl halides is 3. The van der Waals surface area contributed by atoms with Crippen molar-refractivity contribution in [2.24, 2.45) is 0 Å². The highest BCUT2D eigenvalue weighted by molar-refractivity contribution is 6.31. The second kappa shape index (κ2) is 8.74. The molecule has 0 amide bonds. The molecule has 7 heteroatoms. The molecule has 0 saturated heterocycles. The monoisotopic (exact) mass is 402 g/mol. The van der Waals surface area contributed by atoms with Gasteiger partial charge in [0.25, 0.3) is 0 Å². The number of ether oxygens (including phenoxy) is 1. The van der Waals surface area contributed by atoms with Crippen molar-refractivity contribution >= 4 is 17.4 Å². The molecule has 0 unspecified atom stereocenters. The first kappa shape index (κ1) is 21.2. The highest BCUT2D eigenvalue weighted by Crippen LogP contribution is 2.35. The van der Waals surface area contributed by atoms with Crippen molar-refractivity contribution in [2.75, 3.05) is 0 Å². The molecule has 27 heavy (non-hydrogen) atoms. The van der Waals surface area contributed by atoms with E-state index in [1.807, 2.05) is 0 Å². The molecule has 2 rings (SSSR count). The Bertz CT molecular complexity index is 831. The minimum atomic E-state index is -4.62. The SMILES string of the molecule is CCC(=O)Cc1cccc(C(F)(F)F)c1COc1cc(Cl)c(CC)cc1F. The van der Waals surface area contributed by atoms with Gasteiger partial charge in [0.2, 0.25) is 0 Å². The van der Waals surface area contributed by atoms with Crippen LogP contribution < -0.4 is 4.74 Å². The summed E-state index contributed by atoms with van der Waals surface area (Å²) >= 11 is 6.03. The Balaban J connectivity index is 2.39. The summed E-state index contributed by atoms with van der Waals surface area (Å²) in [5.74, 6) is -1.13. The number of ketones is 1. The average Bonchev–Trinajstić information content (AvgIpc) is 2.61. The lowest BCUT2D eigenvalue weighted by molar-refractivity contribution is -0.138. The zero-order valence-electron chi connectivity index (χ0n) is 14.9. The van der Waals surface area contributed by atoms with Crippen molar-refractivity contribution in [3.8, 4) is 5.75 Å². The molecule has 0 bridgehead atoms.